The van der Waals surface area contributed by atoms with Crippen LogP contribution in [-0.2, 0) is 8.98 Å². The van der Waals surface area contributed by atoms with Gasteiger partial charge in [0.15, 0.2) is 6.10 Å². The molecule has 1 aliphatic rings. The van der Waals surface area contributed by atoms with Crippen molar-refractivity contribution in [3.63, 3.8) is 0 Å². The summed E-state index contributed by atoms with van der Waals surface area (Å²) in [4.78, 5) is 16.6. The molecule has 4 nitrogen and oxygen atoms in total. The van der Waals surface area contributed by atoms with E-state index in [2.05, 4.69) is 57.3 Å². The number of unbranched alkanes of at least 4 members (excludes halogenated alkanes) is 1. The van der Waals surface area contributed by atoms with Crippen LogP contribution in [0.1, 0.15) is 37.8 Å². The van der Waals surface area contributed by atoms with Gasteiger partial charge in [0.05, 0.1) is 15.3 Å². The van der Waals surface area contributed by atoms with E-state index in [1.807, 2.05) is 19.0 Å². The molecule has 0 bridgehead atoms. The van der Waals surface area contributed by atoms with Crippen molar-refractivity contribution in [2.75, 3.05) is 25.5 Å². The largest absolute Gasteiger partial charge is 0.378 e. The lowest BCUT2D eigenvalue weighted by Crippen LogP contribution is -2.32. The van der Waals surface area contributed by atoms with E-state index in [4.69, 9.17) is 4.18 Å². The summed E-state index contributed by atoms with van der Waals surface area (Å²) in [5, 5.41) is 0. The highest BCUT2D eigenvalue weighted by atomic mass is 127. The molecule has 1 fully saturated rings. The molecule has 6 heteroatoms. The maximum atomic E-state index is 12.5. The number of nitrogens with zero attached hydrogens (tertiary/aromatic N) is 2. The highest BCUT2D eigenvalue weighted by Crippen LogP contribution is 2.37. The van der Waals surface area contributed by atoms with Crippen LogP contribution < -0.4 is 4.90 Å². The fraction of sp³-hybridized carbons (Fsp3) is 0.562. The van der Waals surface area contributed by atoms with Gasteiger partial charge in [0.1, 0.15) is 0 Å². The van der Waals surface area contributed by atoms with Gasteiger partial charge in [0.2, 0.25) is 0 Å². The Kier molecular flexibility index (Phi) is 6.83. The molecule has 0 aromatic heterocycles. The highest BCUT2D eigenvalue weighted by Gasteiger charge is 2.40. The van der Waals surface area contributed by atoms with E-state index in [1.165, 1.54) is 20.5 Å². The van der Waals surface area contributed by atoms with Gasteiger partial charge < -0.3 is 9.80 Å². The molecule has 0 aliphatic carbocycles. The third-order valence-electron chi connectivity index (χ3n) is 4.07. The molecule has 0 radical (unpaired) electrons. The zero-order chi connectivity index (χ0) is 16.1. The molecule has 2 rings (SSSR count). The molecule has 1 aromatic carbocycles. The van der Waals surface area contributed by atoms with Gasteiger partial charge in [-0.05, 0) is 24.1 Å². The molecule has 122 valence electrons. The van der Waals surface area contributed by atoms with Crippen LogP contribution in [0.3, 0.4) is 0 Å². The van der Waals surface area contributed by atoms with Gasteiger partial charge in [-0.2, -0.15) is 0 Å². The van der Waals surface area contributed by atoms with Gasteiger partial charge >= 0.3 is 0 Å². The smallest absolute Gasteiger partial charge is 0.253 e. The van der Waals surface area contributed by atoms with Crippen LogP contribution >= 0.6 is 30.4 Å². The van der Waals surface area contributed by atoms with Crippen LogP contribution in [0.4, 0.5) is 5.69 Å². The zero-order valence-electron chi connectivity index (χ0n) is 13.3. The number of halogens is 1. The fourth-order valence-corrected chi connectivity index (χ4v) is 3.80. The van der Waals surface area contributed by atoms with Crippen molar-refractivity contribution >= 4 is 42.0 Å². The maximum Gasteiger partial charge on any atom is 0.253 e. The second-order valence-electron chi connectivity index (χ2n) is 5.77. The number of carbonyl (C=O) groups is 1. The number of likely N-dealkylation sites (tertiary alicyclic amines) is 1. The van der Waals surface area contributed by atoms with Crippen LogP contribution in [0.2, 0.25) is 0 Å². The lowest BCUT2D eigenvalue weighted by molar-refractivity contribution is -0.134. The Morgan fingerprint density at radius 1 is 1.36 bits per heavy atom. The van der Waals surface area contributed by atoms with Crippen LogP contribution in [-0.4, -0.2) is 37.6 Å². The number of hydrogen-bond donors (Lipinski definition) is 0. The molecule has 1 heterocycles. The lowest BCUT2D eigenvalue weighted by atomic mass is 10.0. The van der Waals surface area contributed by atoms with Gasteiger partial charge in [-0.3, -0.25) is 8.98 Å². The maximum absolute atomic E-state index is 12.5. The average molecular weight is 434 g/mol. The number of amides is 1. The van der Waals surface area contributed by atoms with E-state index in [9.17, 15) is 4.79 Å². The third-order valence-corrected chi connectivity index (χ3v) is 5.00. The van der Waals surface area contributed by atoms with Gasteiger partial charge in [-0.25, -0.2) is 0 Å². The van der Waals surface area contributed by atoms with Crippen molar-refractivity contribution in [3.05, 3.63) is 29.8 Å². The molecule has 0 saturated carbocycles. The van der Waals surface area contributed by atoms with Gasteiger partial charge in [-0.1, -0.05) is 25.5 Å². The SMILES string of the molecule is CCCCN1C(=O)C(OSI)CC1c1ccc(N(C)C)cc1. The second kappa shape index (κ2) is 8.40. The molecule has 2 atom stereocenters. The van der Waals surface area contributed by atoms with Crippen molar-refractivity contribution in [2.45, 2.75) is 38.3 Å². The minimum absolute atomic E-state index is 0.124. The van der Waals surface area contributed by atoms with Crippen molar-refractivity contribution in [1.82, 2.24) is 4.90 Å². The summed E-state index contributed by atoms with van der Waals surface area (Å²) in [5.74, 6) is 0.124. The molecule has 2 unspecified atom stereocenters. The predicted molar refractivity (Wildman–Crippen MR) is 101 cm³/mol. The van der Waals surface area contributed by atoms with Crippen molar-refractivity contribution < 1.29 is 8.98 Å². The summed E-state index contributed by atoms with van der Waals surface area (Å²) in [6.45, 7) is 2.96. The summed E-state index contributed by atoms with van der Waals surface area (Å²) in [7, 11) is 5.31. The molecular weight excluding hydrogens is 411 g/mol. The van der Waals surface area contributed by atoms with Crippen molar-refractivity contribution in [1.29, 1.82) is 0 Å². The zero-order valence-corrected chi connectivity index (χ0v) is 16.3. The summed E-state index contributed by atoms with van der Waals surface area (Å²) in [5.41, 5.74) is 2.36. The van der Waals surface area contributed by atoms with Gasteiger partial charge in [0, 0.05) is 54.0 Å². The van der Waals surface area contributed by atoms with E-state index in [0.29, 0.717) is 0 Å². The normalized spacial score (nSPS) is 21.5. The number of carbonyl (C=O) groups excluding carboxylic acids is 1. The highest BCUT2D eigenvalue weighted by molar-refractivity contribution is 14.2. The molecule has 22 heavy (non-hydrogen) atoms. The first-order valence-electron chi connectivity index (χ1n) is 7.60. The van der Waals surface area contributed by atoms with E-state index < -0.39 is 0 Å². The van der Waals surface area contributed by atoms with E-state index in [-0.39, 0.29) is 18.1 Å². The quantitative estimate of drug-likeness (QED) is 0.476. The minimum atomic E-state index is -0.322. The Balaban J connectivity index is 2.19. The van der Waals surface area contributed by atoms with E-state index >= 15 is 0 Å². The van der Waals surface area contributed by atoms with Crippen LogP contribution in [0.5, 0.6) is 0 Å². The average Bonchev–Trinajstić information content (AvgIpc) is 2.82. The fourth-order valence-electron chi connectivity index (χ4n) is 2.80. The summed E-state index contributed by atoms with van der Waals surface area (Å²) in [6.07, 6.45) is 2.53. The van der Waals surface area contributed by atoms with Crippen LogP contribution in [0.15, 0.2) is 24.3 Å². The first-order valence-corrected chi connectivity index (χ1v) is 10.9. The number of anilines is 1. The van der Waals surface area contributed by atoms with E-state index in [0.717, 1.165) is 25.8 Å². The van der Waals surface area contributed by atoms with Gasteiger partial charge in [0.25, 0.3) is 5.91 Å². The standard InChI is InChI=1S/C16H23IN2O2S/c1-4-5-10-19-14(11-15(16(19)20)21-22-17)12-6-8-13(9-7-12)18(2)3/h6-9,14-15H,4-5,10-11H2,1-3H3. The number of benzene rings is 1. The van der Waals surface area contributed by atoms with Crippen molar-refractivity contribution in [3.8, 4) is 0 Å². The lowest BCUT2D eigenvalue weighted by Gasteiger charge is -2.25. The Labute approximate surface area is 149 Å². The third kappa shape index (κ3) is 4.08. The molecule has 1 aromatic rings. The topological polar surface area (TPSA) is 32.8 Å². The molecule has 1 aliphatic heterocycles. The summed E-state index contributed by atoms with van der Waals surface area (Å²) < 4.78 is 5.54. The number of hydrogen-bond acceptors (Lipinski definition) is 4. The molecule has 1 amide bonds. The molecular formula is C16H23IN2O2S. The van der Waals surface area contributed by atoms with Crippen LogP contribution in [0.25, 0.3) is 0 Å². The minimum Gasteiger partial charge on any atom is -0.378 e. The summed E-state index contributed by atoms with van der Waals surface area (Å²) in [6, 6.07) is 8.61. The molecule has 0 N–H and O–H groups in total. The summed E-state index contributed by atoms with van der Waals surface area (Å²) >= 11 is 2.07. The first kappa shape index (κ1) is 17.9. The predicted octanol–water partition coefficient (Wildman–Crippen LogP) is 4.21. The molecule has 0 spiro atoms. The first-order chi connectivity index (χ1) is 10.6. The van der Waals surface area contributed by atoms with Gasteiger partial charge in [-0.15, -0.1) is 0 Å². The second-order valence-corrected chi connectivity index (χ2v) is 7.17. The van der Waals surface area contributed by atoms with Crippen molar-refractivity contribution in [2.24, 2.45) is 0 Å². The Morgan fingerprint density at radius 3 is 2.59 bits per heavy atom. The van der Waals surface area contributed by atoms with E-state index in [1.54, 1.807) is 0 Å². The Hall–Kier alpha value is -0.470. The Bertz CT molecular complexity index is 495. The molecule has 1 saturated heterocycles. The van der Waals surface area contributed by atoms with Crippen LogP contribution in [0, 0.1) is 0 Å². The monoisotopic (exact) mass is 434 g/mol. The Morgan fingerprint density at radius 2 is 2.05 bits per heavy atom. The number of rotatable bonds is 7.